The molecule has 4 unspecified atom stereocenters. The Labute approximate surface area is 342 Å². The first kappa shape index (κ1) is 49.0. The molecule has 3 saturated carbocycles. The van der Waals surface area contributed by atoms with Gasteiger partial charge >= 0.3 is 65.5 Å². The molecule has 0 aromatic carbocycles. The van der Waals surface area contributed by atoms with E-state index in [0.717, 1.165) is 77.0 Å². The van der Waals surface area contributed by atoms with E-state index in [-0.39, 0.29) is 44.7 Å². The molecular weight excluding hydrogens is 885 g/mol. The minimum Gasteiger partial charge on any atom is -0.460 e. The molecule has 7 rings (SSSR count). The number of carbonyl (C=O) groups is 4. The maximum atomic E-state index is 11.5. The standard InChI is InChI=1S/C9H14O6S.C8H12O6S.C7H10O6S.C7H12O6S/c10-9(8-6-13-16(11,12)15-8)14-7-4-2-1-3-5-7;9-8(13-6-3-1-2-4-6)7-5-12-15(10,11)14-7;8-7(12-5-2-1-3-5)6-4-11-14(9,10)13-6;1-7(2,3)12-6(8)5-4-11-14(9,10)13-5/h7-8H,1-6H2;6-7H,1-5H2;5-6H,1-4H2;5H,4H2,1-3H3. The molecular formula is C31H48O24S4. The van der Waals surface area contributed by atoms with Crippen LogP contribution in [0.5, 0.6) is 0 Å². The van der Waals surface area contributed by atoms with Crippen LogP contribution in [0.1, 0.15) is 97.8 Å². The third-order valence-electron chi connectivity index (χ3n) is 8.60. The molecule has 7 fully saturated rings. The Morgan fingerprint density at radius 2 is 0.661 bits per heavy atom. The lowest BCUT2D eigenvalue weighted by molar-refractivity contribution is -0.163. The SMILES string of the molecule is CC(C)(C)OC(=O)C1COS(=O)(=O)O1.O=C(OC1CCC1)C1COS(=O)(=O)O1.O=C(OC1CCCC1)C1COS(=O)(=O)O1.O=C(OC1CCCCC1)C1COS(=O)(=O)O1. The van der Waals surface area contributed by atoms with Crippen molar-refractivity contribution in [2.75, 3.05) is 26.4 Å². The number of hydrogen-bond acceptors (Lipinski definition) is 24. The largest absolute Gasteiger partial charge is 0.460 e. The first-order valence-corrected chi connectivity index (χ1v) is 23.9. The molecule has 0 bridgehead atoms. The number of carbonyl (C=O) groups excluding carboxylic acids is 4. The van der Waals surface area contributed by atoms with Gasteiger partial charge in [-0.1, -0.05) is 6.42 Å². The molecule has 0 N–H and O–H groups in total. The number of rotatable bonds is 7. The molecule has 59 heavy (non-hydrogen) atoms. The van der Waals surface area contributed by atoms with Crippen LogP contribution in [0.4, 0.5) is 0 Å². The lowest BCUT2D eigenvalue weighted by Crippen LogP contribution is -2.33. The second-order valence-electron chi connectivity index (χ2n) is 14.7. The Kier molecular flexibility index (Phi) is 17.4. The summed E-state index contributed by atoms with van der Waals surface area (Å²) in [6.45, 7) is 3.85. The zero-order valence-electron chi connectivity index (χ0n) is 32.3. The van der Waals surface area contributed by atoms with Crippen LogP contribution in [0.15, 0.2) is 0 Å². The zero-order chi connectivity index (χ0) is 43.6. The smallest absolute Gasteiger partial charge is 0.400 e. The van der Waals surface area contributed by atoms with Gasteiger partial charge in [0.1, 0.15) is 50.3 Å². The Balaban J connectivity index is 0.000000174. The summed E-state index contributed by atoms with van der Waals surface area (Å²) in [4.78, 5) is 45.4. The van der Waals surface area contributed by atoms with Gasteiger partial charge in [-0.05, 0) is 91.4 Å². The average molecular weight is 933 g/mol. The van der Waals surface area contributed by atoms with Crippen molar-refractivity contribution in [3.63, 3.8) is 0 Å². The average Bonchev–Trinajstić information content (AvgIpc) is 3.96. The summed E-state index contributed by atoms with van der Waals surface area (Å²) in [5.74, 6) is -2.69. The zero-order valence-corrected chi connectivity index (χ0v) is 35.6. The van der Waals surface area contributed by atoms with E-state index >= 15 is 0 Å². The van der Waals surface area contributed by atoms with Crippen LogP contribution in [0, 0.1) is 0 Å². The highest BCUT2D eigenvalue weighted by Crippen LogP contribution is 2.26. The molecule has 24 nitrogen and oxygen atoms in total. The Bertz CT molecular complexity index is 1910. The van der Waals surface area contributed by atoms with E-state index in [2.05, 4.69) is 33.5 Å². The van der Waals surface area contributed by atoms with Crippen molar-refractivity contribution in [1.82, 2.24) is 0 Å². The molecule has 3 aliphatic carbocycles. The fourth-order valence-corrected chi connectivity index (χ4v) is 8.62. The summed E-state index contributed by atoms with van der Waals surface area (Å²) >= 11 is 0. The molecule has 340 valence electrons. The van der Waals surface area contributed by atoms with Crippen LogP contribution in [0.25, 0.3) is 0 Å². The predicted molar refractivity (Wildman–Crippen MR) is 190 cm³/mol. The highest BCUT2D eigenvalue weighted by molar-refractivity contribution is 7.82. The summed E-state index contributed by atoms with van der Waals surface area (Å²) in [7, 11) is -15.9. The maximum absolute atomic E-state index is 11.5. The van der Waals surface area contributed by atoms with Crippen LogP contribution in [0.2, 0.25) is 0 Å². The van der Waals surface area contributed by atoms with Crippen LogP contribution >= 0.6 is 0 Å². The van der Waals surface area contributed by atoms with E-state index in [0.29, 0.717) is 0 Å². The van der Waals surface area contributed by atoms with Crippen molar-refractivity contribution in [2.24, 2.45) is 0 Å². The molecule has 4 atom stereocenters. The first-order chi connectivity index (χ1) is 27.4. The minimum absolute atomic E-state index is 0.0746. The monoisotopic (exact) mass is 932 g/mol. The van der Waals surface area contributed by atoms with Gasteiger partial charge in [-0.2, -0.15) is 33.7 Å². The molecule has 0 aromatic heterocycles. The van der Waals surface area contributed by atoms with E-state index in [9.17, 15) is 52.8 Å². The van der Waals surface area contributed by atoms with Gasteiger partial charge in [0, 0.05) is 0 Å². The van der Waals surface area contributed by atoms with Gasteiger partial charge in [0.25, 0.3) is 0 Å². The van der Waals surface area contributed by atoms with Crippen molar-refractivity contribution in [3.05, 3.63) is 0 Å². The number of hydrogen-bond donors (Lipinski definition) is 0. The van der Waals surface area contributed by atoms with Crippen LogP contribution < -0.4 is 0 Å². The Morgan fingerprint density at radius 1 is 0.407 bits per heavy atom. The molecule has 4 aliphatic heterocycles. The number of esters is 4. The van der Waals surface area contributed by atoms with Crippen LogP contribution in [-0.4, -0.2) is 132 Å². The van der Waals surface area contributed by atoms with E-state index < -0.39 is 95.5 Å². The van der Waals surface area contributed by atoms with Crippen LogP contribution in [0.3, 0.4) is 0 Å². The fraction of sp³-hybridized carbons (Fsp3) is 0.871. The molecule has 7 aliphatic rings. The lowest BCUT2D eigenvalue weighted by atomic mass is 9.96. The highest BCUT2D eigenvalue weighted by Gasteiger charge is 2.41. The third kappa shape index (κ3) is 17.3. The van der Waals surface area contributed by atoms with Crippen LogP contribution in [-0.2, 0) is 113 Å². The van der Waals surface area contributed by atoms with Gasteiger partial charge in [-0.3, -0.25) is 0 Å². The van der Waals surface area contributed by atoms with E-state index in [1.54, 1.807) is 20.8 Å². The third-order valence-corrected chi connectivity index (χ3v) is 12.2. The topological polar surface area (TPSA) is 316 Å². The van der Waals surface area contributed by atoms with E-state index in [4.69, 9.17) is 18.9 Å². The maximum Gasteiger partial charge on any atom is 0.400 e. The molecule has 4 saturated heterocycles. The molecule has 0 amide bonds. The van der Waals surface area contributed by atoms with Crippen molar-refractivity contribution < 1.29 is 105 Å². The van der Waals surface area contributed by atoms with Gasteiger partial charge in [0.2, 0.25) is 24.4 Å². The molecule has 0 spiro atoms. The minimum atomic E-state index is -4.00. The second kappa shape index (κ2) is 21.0. The molecule has 0 radical (unpaired) electrons. The van der Waals surface area contributed by atoms with Crippen molar-refractivity contribution in [2.45, 2.75) is 146 Å². The van der Waals surface area contributed by atoms with E-state index in [1.165, 1.54) is 0 Å². The van der Waals surface area contributed by atoms with Gasteiger partial charge in [0.05, 0.1) is 0 Å². The van der Waals surface area contributed by atoms with Crippen molar-refractivity contribution >= 4 is 65.5 Å². The summed E-state index contributed by atoms with van der Waals surface area (Å²) in [6.07, 6.45) is 6.56. The van der Waals surface area contributed by atoms with Crippen molar-refractivity contribution in [3.8, 4) is 0 Å². The molecule has 4 heterocycles. The van der Waals surface area contributed by atoms with E-state index in [1.807, 2.05) is 0 Å². The summed E-state index contributed by atoms with van der Waals surface area (Å²) < 4.78 is 140. The normalized spacial score (nSPS) is 29.5. The second-order valence-corrected chi connectivity index (χ2v) is 19.7. The summed E-state index contributed by atoms with van der Waals surface area (Å²) in [6, 6.07) is 0. The van der Waals surface area contributed by atoms with Crippen molar-refractivity contribution in [1.29, 1.82) is 0 Å². The Hall–Kier alpha value is -2.64. The van der Waals surface area contributed by atoms with Gasteiger partial charge in [-0.25, -0.2) is 52.6 Å². The lowest BCUT2D eigenvalue weighted by Gasteiger charge is -2.25. The van der Waals surface area contributed by atoms with Gasteiger partial charge in [0.15, 0.2) is 0 Å². The quantitative estimate of drug-likeness (QED) is 0.246. The first-order valence-electron chi connectivity index (χ1n) is 18.5. The van der Waals surface area contributed by atoms with Gasteiger partial charge < -0.3 is 18.9 Å². The number of ether oxygens (including phenoxy) is 4. The predicted octanol–water partition coefficient (Wildman–Crippen LogP) is 0.386. The summed E-state index contributed by atoms with van der Waals surface area (Å²) in [5.41, 5.74) is -0.674. The summed E-state index contributed by atoms with van der Waals surface area (Å²) in [5, 5.41) is 0. The fourth-order valence-electron chi connectivity index (χ4n) is 5.57. The Morgan fingerprint density at radius 3 is 0.881 bits per heavy atom. The highest BCUT2D eigenvalue weighted by atomic mass is 32.3. The molecule has 0 aromatic rings. The molecule has 28 heteroatoms. The van der Waals surface area contributed by atoms with Gasteiger partial charge in [-0.15, -0.1) is 0 Å².